The van der Waals surface area contributed by atoms with Crippen LogP contribution in [-0.4, -0.2) is 38.6 Å². The maximum Gasteiger partial charge on any atom is 0.254 e. The lowest BCUT2D eigenvalue weighted by atomic mass is 9.75. The van der Waals surface area contributed by atoms with Gasteiger partial charge in [-0.05, 0) is 43.9 Å². The van der Waals surface area contributed by atoms with E-state index in [9.17, 15) is 9.90 Å². The van der Waals surface area contributed by atoms with E-state index in [-0.39, 0.29) is 24.0 Å². The predicted molar refractivity (Wildman–Crippen MR) is 106 cm³/mol. The van der Waals surface area contributed by atoms with Crippen LogP contribution in [0.15, 0.2) is 30.6 Å². The molecular weight excluding hydrogens is 356 g/mol. The van der Waals surface area contributed by atoms with Crippen LogP contribution in [0.3, 0.4) is 0 Å². The molecule has 2 N–H and O–H groups in total. The molecule has 0 aliphatic heterocycles. The minimum absolute atomic E-state index is 0.119. The molecule has 28 heavy (non-hydrogen) atoms. The summed E-state index contributed by atoms with van der Waals surface area (Å²) in [6, 6.07) is 5.60. The molecular formula is C21H26N4O3. The SMILES string of the molecule is COc1ccc2c(c1)c(C(=O)NC(c1cnn(C)c1)C1CC(O)C1)c(C)n2C. The first kappa shape index (κ1) is 18.6. The molecule has 7 nitrogen and oxygen atoms in total. The number of methoxy groups -OCH3 is 1. The third-order valence-electron chi connectivity index (χ3n) is 5.92. The highest BCUT2D eigenvalue weighted by molar-refractivity contribution is 6.08. The number of nitrogens with one attached hydrogen (secondary N) is 1. The van der Waals surface area contributed by atoms with Crippen LogP contribution in [0.4, 0.5) is 0 Å². The number of fused-ring (bicyclic) bond motifs is 1. The van der Waals surface area contributed by atoms with E-state index >= 15 is 0 Å². The quantitative estimate of drug-likeness (QED) is 0.710. The summed E-state index contributed by atoms with van der Waals surface area (Å²) in [5.74, 6) is 0.803. The molecule has 1 saturated carbocycles. The first-order chi connectivity index (χ1) is 13.4. The average Bonchev–Trinajstić information content (AvgIpc) is 3.18. The molecule has 1 aromatic carbocycles. The van der Waals surface area contributed by atoms with Crippen LogP contribution in [0.5, 0.6) is 5.75 Å². The third kappa shape index (κ3) is 3.05. The number of hydrogen-bond donors (Lipinski definition) is 2. The molecule has 0 bridgehead atoms. The van der Waals surface area contributed by atoms with Crippen LogP contribution in [-0.2, 0) is 14.1 Å². The fourth-order valence-corrected chi connectivity index (χ4v) is 4.15. The Kier molecular flexibility index (Phi) is 4.63. The van der Waals surface area contributed by atoms with Gasteiger partial charge in [0.2, 0.25) is 0 Å². The molecule has 7 heteroatoms. The number of benzene rings is 1. The van der Waals surface area contributed by atoms with E-state index in [1.54, 1.807) is 18.0 Å². The monoisotopic (exact) mass is 382 g/mol. The molecule has 3 aromatic rings. The van der Waals surface area contributed by atoms with Crippen molar-refractivity contribution in [1.82, 2.24) is 19.7 Å². The first-order valence-corrected chi connectivity index (χ1v) is 9.49. The van der Waals surface area contributed by atoms with E-state index in [1.165, 1.54) is 0 Å². The summed E-state index contributed by atoms with van der Waals surface area (Å²) in [4.78, 5) is 13.4. The number of carbonyl (C=O) groups excluding carboxylic acids is 1. The number of carbonyl (C=O) groups is 1. The fraction of sp³-hybridized carbons (Fsp3) is 0.429. The van der Waals surface area contributed by atoms with E-state index in [1.807, 2.05) is 50.0 Å². The summed E-state index contributed by atoms with van der Waals surface area (Å²) >= 11 is 0. The molecule has 1 atom stereocenters. The van der Waals surface area contributed by atoms with Crippen LogP contribution < -0.4 is 10.1 Å². The zero-order valence-electron chi connectivity index (χ0n) is 16.6. The second-order valence-electron chi connectivity index (χ2n) is 7.69. The number of aliphatic hydroxyl groups is 1. The molecule has 1 amide bonds. The van der Waals surface area contributed by atoms with Crippen LogP contribution in [0.2, 0.25) is 0 Å². The van der Waals surface area contributed by atoms with Gasteiger partial charge in [-0.1, -0.05) is 0 Å². The number of nitrogens with zero attached hydrogens (tertiary/aromatic N) is 3. The standard InChI is InChI=1S/C21H26N4O3/c1-12-19(17-9-16(28-4)5-6-18(17)25(12)3)21(27)23-20(13-7-15(26)8-13)14-10-22-24(2)11-14/h5-6,9-11,13,15,20,26H,7-8H2,1-4H3,(H,23,27). The number of aliphatic hydroxyl groups excluding tert-OH is 1. The number of aromatic nitrogens is 3. The van der Waals surface area contributed by atoms with Gasteiger partial charge in [-0.2, -0.15) is 5.10 Å². The van der Waals surface area contributed by atoms with Gasteiger partial charge in [-0.25, -0.2) is 0 Å². The maximum absolute atomic E-state index is 13.4. The van der Waals surface area contributed by atoms with Crippen LogP contribution >= 0.6 is 0 Å². The Balaban J connectivity index is 1.71. The smallest absolute Gasteiger partial charge is 0.254 e. The van der Waals surface area contributed by atoms with E-state index in [2.05, 4.69) is 10.4 Å². The van der Waals surface area contributed by atoms with Crippen molar-refractivity contribution in [3.8, 4) is 5.75 Å². The molecule has 0 saturated heterocycles. The van der Waals surface area contributed by atoms with Gasteiger partial charge in [0, 0.05) is 42.5 Å². The van der Waals surface area contributed by atoms with Gasteiger partial charge >= 0.3 is 0 Å². The summed E-state index contributed by atoms with van der Waals surface area (Å²) in [5.41, 5.74) is 3.51. The lowest BCUT2D eigenvalue weighted by molar-refractivity contribution is 0.0235. The second-order valence-corrected chi connectivity index (χ2v) is 7.69. The maximum atomic E-state index is 13.4. The number of aryl methyl sites for hydroxylation is 2. The zero-order valence-corrected chi connectivity index (χ0v) is 16.6. The molecule has 148 valence electrons. The van der Waals surface area contributed by atoms with Crippen LogP contribution in [0.1, 0.15) is 40.5 Å². The predicted octanol–water partition coefficient (Wildman–Crippen LogP) is 2.47. The van der Waals surface area contributed by atoms with E-state index in [4.69, 9.17) is 4.74 Å². The molecule has 0 spiro atoms. The van der Waals surface area contributed by atoms with Crippen molar-refractivity contribution < 1.29 is 14.6 Å². The third-order valence-corrected chi connectivity index (χ3v) is 5.92. The van der Waals surface area contributed by atoms with Crippen molar-refractivity contribution >= 4 is 16.8 Å². The number of ether oxygens (including phenoxy) is 1. The number of amides is 1. The van der Waals surface area contributed by atoms with Gasteiger partial charge in [0.25, 0.3) is 5.91 Å². The van der Waals surface area contributed by atoms with E-state index < -0.39 is 0 Å². The number of rotatable bonds is 5. The van der Waals surface area contributed by atoms with Crippen molar-refractivity contribution in [3.63, 3.8) is 0 Å². The minimum atomic E-state index is -0.287. The molecule has 1 aliphatic carbocycles. The largest absolute Gasteiger partial charge is 0.497 e. The van der Waals surface area contributed by atoms with Gasteiger partial charge in [0.1, 0.15) is 5.75 Å². The lowest BCUT2D eigenvalue weighted by Crippen LogP contribution is -2.41. The topological polar surface area (TPSA) is 81.3 Å². The summed E-state index contributed by atoms with van der Waals surface area (Å²) < 4.78 is 9.11. The lowest BCUT2D eigenvalue weighted by Gasteiger charge is -2.37. The van der Waals surface area contributed by atoms with Gasteiger partial charge < -0.3 is 19.7 Å². The minimum Gasteiger partial charge on any atom is -0.497 e. The Morgan fingerprint density at radius 2 is 2.11 bits per heavy atom. The van der Waals surface area contributed by atoms with Crippen LogP contribution in [0, 0.1) is 12.8 Å². The number of hydrogen-bond acceptors (Lipinski definition) is 4. The van der Waals surface area contributed by atoms with E-state index in [0.29, 0.717) is 18.4 Å². The normalized spacial score (nSPS) is 20.0. The van der Waals surface area contributed by atoms with Gasteiger partial charge in [0.15, 0.2) is 0 Å². The Morgan fingerprint density at radius 3 is 2.71 bits per heavy atom. The fourth-order valence-electron chi connectivity index (χ4n) is 4.15. The molecule has 2 heterocycles. The average molecular weight is 382 g/mol. The van der Waals surface area contributed by atoms with Gasteiger partial charge in [0.05, 0.1) is 31.0 Å². The van der Waals surface area contributed by atoms with Crippen molar-refractivity contribution in [1.29, 1.82) is 0 Å². The van der Waals surface area contributed by atoms with Crippen molar-refractivity contribution in [2.45, 2.75) is 31.9 Å². The molecule has 1 fully saturated rings. The Labute approximate surface area is 163 Å². The zero-order chi connectivity index (χ0) is 20.0. The van der Waals surface area contributed by atoms with Crippen molar-refractivity contribution in [2.24, 2.45) is 20.0 Å². The molecule has 4 rings (SSSR count). The Bertz CT molecular complexity index is 1030. The summed E-state index contributed by atoms with van der Waals surface area (Å²) in [7, 11) is 5.44. The second kappa shape index (κ2) is 6.98. The summed E-state index contributed by atoms with van der Waals surface area (Å²) in [5, 5.41) is 18.1. The highest BCUT2D eigenvalue weighted by atomic mass is 16.5. The molecule has 1 unspecified atom stereocenters. The Hall–Kier alpha value is -2.80. The van der Waals surface area contributed by atoms with Crippen LogP contribution in [0.25, 0.3) is 10.9 Å². The highest BCUT2D eigenvalue weighted by Gasteiger charge is 2.37. The first-order valence-electron chi connectivity index (χ1n) is 9.49. The molecule has 0 radical (unpaired) electrons. The molecule has 1 aliphatic rings. The summed E-state index contributed by atoms with van der Waals surface area (Å²) in [6.45, 7) is 1.95. The van der Waals surface area contributed by atoms with Gasteiger partial charge in [-0.3, -0.25) is 9.48 Å². The van der Waals surface area contributed by atoms with E-state index in [0.717, 1.165) is 27.9 Å². The summed E-state index contributed by atoms with van der Waals surface area (Å²) in [6.07, 6.45) is 4.79. The van der Waals surface area contributed by atoms with Crippen molar-refractivity contribution in [3.05, 3.63) is 47.4 Å². The van der Waals surface area contributed by atoms with Crippen molar-refractivity contribution in [2.75, 3.05) is 7.11 Å². The Morgan fingerprint density at radius 1 is 1.36 bits per heavy atom. The highest BCUT2D eigenvalue weighted by Crippen LogP contribution is 2.38. The molecule has 2 aromatic heterocycles. The van der Waals surface area contributed by atoms with Gasteiger partial charge in [-0.15, -0.1) is 0 Å².